The zero-order chi connectivity index (χ0) is 22.9. The second-order valence-electron chi connectivity index (χ2n) is 7.39. The number of amides is 2. The van der Waals surface area contributed by atoms with Gasteiger partial charge in [-0.3, -0.25) is 13.9 Å². The number of nitrogens with zero attached hydrogens (tertiary/aromatic N) is 1. The molecule has 4 rings (SSSR count). The van der Waals surface area contributed by atoms with Crippen LogP contribution >= 0.6 is 11.6 Å². The third-order valence-corrected chi connectivity index (χ3v) is 6.55. The van der Waals surface area contributed by atoms with Crippen molar-refractivity contribution >= 4 is 50.5 Å². The quantitative estimate of drug-likeness (QED) is 0.586. The summed E-state index contributed by atoms with van der Waals surface area (Å²) in [6.45, 7) is 0.354. The third-order valence-electron chi connectivity index (χ3n) is 5.12. The fourth-order valence-electron chi connectivity index (χ4n) is 3.57. The second-order valence-corrected chi connectivity index (χ2v) is 9.73. The Labute approximate surface area is 191 Å². The SMILES string of the molecule is CS(=O)(=O)N1CCc2cc(C(=O)Nc3ccccc3C(=O)Nc3ccc(Cl)cc3)ccc21. The Bertz CT molecular complexity index is 1310. The number of carbonyl (C=O) groups is 2. The average Bonchev–Trinajstić information content (AvgIpc) is 3.19. The molecule has 0 aromatic heterocycles. The molecule has 0 radical (unpaired) electrons. The number of nitrogens with one attached hydrogen (secondary N) is 2. The number of benzene rings is 3. The lowest BCUT2D eigenvalue weighted by Crippen LogP contribution is -2.27. The minimum Gasteiger partial charge on any atom is -0.322 e. The van der Waals surface area contributed by atoms with E-state index in [0.717, 1.165) is 11.8 Å². The highest BCUT2D eigenvalue weighted by atomic mass is 35.5. The van der Waals surface area contributed by atoms with E-state index in [4.69, 9.17) is 11.6 Å². The van der Waals surface area contributed by atoms with Crippen LogP contribution in [0.4, 0.5) is 17.1 Å². The first kappa shape index (κ1) is 21.9. The standard InChI is InChI=1S/C23H20ClN3O4S/c1-32(30,31)27-13-12-15-14-16(6-11-21(15)27)22(28)26-20-5-3-2-4-19(20)23(29)25-18-9-7-17(24)8-10-18/h2-11,14H,12-13H2,1H3,(H,25,29)(H,26,28). The average molecular weight is 470 g/mol. The van der Waals surface area contributed by atoms with Crippen molar-refractivity contribution in [2.45, 2.75) is 6.42 Å². The van der Waals surface area contributed by atoms with Gasteiger partial charge in [-0.15, -0.1) is 0 Å². The summed E-state index contributed by atoms with van der Waals surface area (Å²) in [4.78, 5) is 25.6. The van der Waals surface area contributed by atoms with Crippen molar-refractivity contribution in [1.82, 2.24) is 0 Å². The molecule has 0 fully saturated rings. The van der Waals surface area contributed by atoms with E-state index in [1.165, 1.54) is 4.31 Å². The van der Waals surface area contributed by atoms with Gasteiger partial charge in [0.05, 0.1) is 23.2 Å². The van der Waals surface area contributed by atoms with Crippen molar-refractivity contribution in [3.8, 4) is 0 Å². The number of hydrogen-bond acceptors (Lipinski definition) is 4. The van der Waals surface area contributed by atoms with Gasteiger partial charge in [0, 0.05) is 22.8 Å². The Morgan fingerprint density at radius 3 is 2.38 bits per heavy atom. The molecule has 0 saturated heterocycles. The highest BCUT2D eigenvalue weighted by Crippen LogP contribution is 2.31. The van der Waals surface area contributed by atoms with Crippen molar-refractivity contribution in [3.63, 3.8) is 0 Å². The van der Waals surface area contributed by atoms with Gasteiger partial charge in [-0.25, -0.2) is 8.42 Å². The molecule has 1 aliphatic rings. The number of carbonyl (C=O) groups excluding carboxylic acids is 2. The van der Waals surface area contributed by atoms with Gasteiger partial charge in [-0.2, -0.15) is 0 Å². The minimum atomic E-state index is -3.36. The zero-order valence-corrected chi connectivity index (χ0v) is 18.7. The highest BCUT2D eigenvalue weighted by molar-refractivity contribution is 7.92. The molecule has 9 heteroatoms. The number of fused-ring (bicyclic) bond motifs is 1. The van der Waals surface area contributed by atoms with Gasteiger partial charge < -0.3 is 10.6 Å². The van der Waals surface area contributed by atoms with Gasteiger partial charge in [-0.1, -0.05) is 23.7 Å². The first-order chi connectivity index (χ1) is 15.2. The Hall–Kier alpha value is -3.36. The first-order valence-electron chi connectivity index (χ1n) is 9.80. The maximum absolute atomic E-state index is 12.9. The van der Waals surface area contributed by atoms with Crippen molar-refractivity contribution in [2.75, 3.05) is 27.7 Å². The molecule has 7 nitrogen and oxygen atoms in total. The van der Waals surface area contributed by atoms with Crippen LogP contribution in [0.15, 0.2) is 66.7 Å². The summed E-state index contributed by atoms with van der Waals surface area (Å²) < 4.78 is 25.1. The van der Waals surface area contributed by atoms with Gasteiger partial charge in [0.15, 0.2) is 0 Å². The van der Waals surface area contributed by atoms with Crippen molar-refractivity contribution in [3.05, 3.63) is 88.4 Å². The molecule has 0 atom stereocenters. The van der Waals surface area contributed by atoms with Gasteiger partial charge in [-0.05, 0) is 66.6 Å². The predicted molar refractivity (Wildman–Crippen MR) is 126 cm³/mol. The van der Waals surface area contributed by atoms with Crippen LogP contribution in [0.5, 0.6) is 0 Å². The summed E-state index contributed by atoms with van der Waals surface area (Å²) >= 11 is 5.88. The monoisotopic (exact) mass is 469 g/mol. The number of rotatable bonds is 5. The molecule has 164 valence electrons. The zero-order valence-electron chi connectivity index (χ0n) is 17.1. The molecule has 1 heterocycles. The van der Waals surface area contributed by atoms with Crippen molar-refractivity contribution < 1.29 is 18.0 Å². The molecule has 0 unspecified atom stereocenters. The molecule has 1 aliphatic heterocycles. The van der Waals surface area contributed by atoms with E-state index in [-0.39, 0.29) is 5.91 Å². The molecule has 32 heavy (non-hydrogen) atoms. The number of sulfonamides is 1. The Morgan fingerprint density at radius 2 is 1.66 bits per heavy atom. The molecule has 3 aromatic carbocycles. The van der Waals surface area contributed by atoms with Crippen LogP contribution in [0, 0.1) is 0 Å². The summed E-state index contributed by atoms with van der Waals surface area (Å²) in [5.41, 5.74) is 3.01. The molecular weight excluding hydrogens is 450 g/mol. The lowest BCUT2D eigenvalue weighted by atomic mass is 10.1. The topological polar surface area (TPSA) is 95.6 Å². The lowest BCUT2D eigenvalue weighted by Gasteiger charge is -2.16. The molecule has 0 spiro atoms. The number of hydrogen-bond donors (Lipinski definition) is 2. The van der Waals surface area contributed by atoms with Crippen LogP contribution in [0.3, 0.4) is 0 Å². The second kappa shape index (κ2) is 8.64. The van der Waals surface area contributed by atoms with Crippen LogP contribution in [0.25, 0.3) is 0 Å². The van der Waals surface area contributed by atoms with Gasteiger partial charge >= 0.3 is 0 Å². The molecule has 2 N–H and O–H groups in total. The molecular formula is C23H20ClN3O4S. The largest absolute Gasteiger partial charge is 0.322 e. The summed E-state index contributed by atoms with van der Waals surface area (Å²) in [7, 11) is -3.36. The van der Waals surface area contributed by atoms with Gasteiger partial charge in [0.25, 0.3) is 11.8 Å². The van der Waals surface area contributed by atoms with E-state index in [2.05, 4.69) is 10.6 Å². The first-order valence-corrected chi connectivity index (χ1v) is 12.0. The molecule has 2 amide bonds. The maximum Gasteiger partial charge on any atom is 0.257 e. The molecule has 0 saturated carbocycles. The van der Waals surface area contributed by atoms with E-state index >= 15 is 0 Å². The van der Waals surface area contributed by atoms with Crippen LogP contribution < -0.4 is 14.9 Å². The van der Waals surface area contributed by atoms with E-state index in [9.17, 15) is 18.0 Å². The molecule has 3 aromatic rings. The van der Waals surface area contributed by atoms with Crippen LogP contribution in [0.2, 0.25) is 5.02 Å². The van der Waals surface area contributed by atoms with Crippen LogP contribution in [-0.4, -0.2) is 33.0 Å². The Kier molecular flexibility index (Phi) is 5.90. The smallest absolute Gasteiger partial charge is 0.257 e. The fraction of sp³-hybridized carbons (Fsp3) is 0.130. The van der Waals surface area contributed by atoms with Crippen LogP contribution in [0.1, 0.15) is 26.3 Å². The van der Waals surface area contributed by atoms with Crippen LogP contribution in [-0.2, 0) is 16.4 Å². The summed E-state index contributed by atoms with van der Waals surface area (Å²) in [6, 6.07) is 18.3. The maximum atomic E-state index is 12.9. The van der Waals surface area contributed by atoms with E-state index in [1.54, 1.807) is 66.7 Å². The lowest BCUT2D eigenvalue weighted by molar-refractivity contribution is 0.102. The highest BCUT2D eigenvalue weighted by Gasteiger charge is 2.27. The van der Waals surface area contributed by atoms with Crippen molar-refractivity contribution in [1.29, 1.82) is 0 Å². The van der Waals surface area contributed by atoms with Gasteiger partial charge in [0.2, 0.25) is 10.0 Å². The number of halogens is 1. The predicted octanol–water partition coefficient (Wildman–Crippen LogP) is 4.17. The Morgan fingerprint density at radius 1 is 0.938 bits per heavy atom. The number of para-hydroxylation sites is 1. The van der Waals surface area contributed by atoms with E-state index in [1.807, 2.05) is 0 Å². The van der Waals surface area contributed by atoms with Crippen molar-refractivity contribution in [2.24, 2.45) is 0 Å². The molecule has 0 aliphatic carbocycles. The van der Waals surface area contributed by atoms with E-state index in [0.29, 0.717) is 46.2 Å². The van der Waals surface area contributed by atoms with Gasteiger partial charge in [0.1, 0.15) is 0 Å². The summed E-state index contributed by atoms with van der Waals surface area (Å²) in [5, 5.41) is 6.12. The summed E-state index contributed by atoms with van der Waals surface area (Å²) in [5.74, 6) is -0.765. The molecule has 0 bridgehead atoms. The Balaban J connectivity index is 1.53. The third kappa shape index (κ3) is 4.61. The summed E-state index contributed by atoms with van der Waals surface area (Å²) in [6.07, 6.45) is 1.69. The minimum absolute atomic E-state index is 0.306. The van der Waals surface area contributed by atoms with E-state index < -0.39 is 15.9 Å². The number of anilines is 3. The fourth-order valence-corrected chi connectivity index (χ4v) is 4.66. The normalized spacial score (nSPS) is 12.9.